The molecule has 1 amide bonds. The molecule has 0 aliphatic rings. The van der Waals surface area contributed by atoms with Crippen LogP contribution in [0.2, 0.25) is 0 Å². The van der Waals surface area contributed by atoms with Gasteiger partial charge in [0.25, 0.3) is 0 Å². The lowest BCUT2D eigenvalue weighted by molar-refractivity contribution is -0.115. The summed E-state index contributed by atoms with van der Waals surface area (Å²) in [5.74, 6) is 0.640. The maximum Gasteiger partial charge on any atom is 0.237 e. The number of hydrogen-bond acceptors (Lipinski definition) is 4. The minimum Gasteiger partial charge on any atom is -0.325 e. The largest absolute Gasteiger partial charge is 0.325 e. The third kappa shape index (κ3) is 4.52. The molecule has 0 aliphatic heterocycles. The van der Waals surface area contributed by atoms with Crippen molar-refractivity contribution in [2.75, 3.05) is 5.32 Å². The molecule has 0 bridgehead atoms. The Morgan fingerprint density at radius 2 is 2.00 bits per heavy atom. The molecule has 0 spiro atoms. The summed E-state index contributed by atoms with van der Waals surface area (Å²) in [4.78, 5) is 16.9. The first kappa shape index (κ1) is 18.2. The van der Waals surface area contributed by atoms with Gasteiger partial charge in [-0.05, 0) is 43.5 Å². The van der Waals surface area contributed by atoms with E-state index in [0.717, 1.165) is 23.2 Å². The quantitative estimate of drug-likeness (QED) is 0.632. The maximum atomic E-state index is 12.4. The Labute approximate surface area is 157 Å². The predicted molar refractivity (Wildman–Crippen MR) is 106 cm³/mol. The SMILES string of the molecule is CCc1ccc(-c2nc(S[C@@H](C)C(=O)Nc3cccc(C)c3)n[nH]2)cc1. The number of aromatic nitrogens is 3. The molecule has 0 radical (unpaired) electrons. The van der Waals surface area contributed by atoms with Crippen LogP contribution < -0.4 is 5.32 Å². The first-order valence-corrected chi connectivity index (χ1v) is 9.49. The summed E-state index contributed by atoms with van der Waals surface area (Å²) in [6.07, 6.45) is 1.01. The van der Waals surface area contributed by atoms with Gasteiger partial charge in [-0.25, -0.2) is 4.98 Å². The summed E-state index contributed by atoms with van der Waals surface area (Å²) in [5.41, 5.74) is 4.17. The van der Waals surface area contributed by atoms with E-state index < -0.39 is 0 Å². The highest BCUT2D eigenvalue weighted by molar-refractivity contribution is 8.00. The van der Waals surface area contributed by atoms with Gasteiger partial charge in [-0.15, -0.1) is 5.10 Å². The van der Waals surface area contributed by atoms with Crippen molar-refractivity contribution in [1.82, 2.24) is 15.2 Å². The number of aryl methyl sites for hydroxylation is 2. The minimum absolute atomic E-state index is 0.0701. The van der Waals surface area contributed by atoms with Crippen LogP contribution in [0.15, 0.2) is 53.7 Å². The van der Waals surface area contributed by atoms with Gasteiger partial charge in [-0.2, -0.15) is 0 Å². The standard InChI is InChI=1S/C20H22N4OS/c1-4-15-8-10-16(11-9-15)18-22-20(24-23-18)26-14(3)19(25)21-17-7-5-6-13(2)12-17/h5-12,14H,4H2,1-3H3,(H,21,25)(H,22,23,24)/t14-/m0/s1. The number of H-pyrrole nitrogens is 1. The van der Waals surface area contributed by atoms with Crippen molar-refractivity contribution in [3.8, 4) is 11.4 Å². The minimum atomic E-state index is -0.304. The van der Waals surface area contributed by atoms with Crippen molar-refractivity contribution in [2.24, 2.45) is 0 Å². The molecule has 5 nitrogen and oxygen atoms in total. The number of nitrogens with one attached hydrogen (secondary N) is 2. The summed E-state index contributed by atoms with van der Waals surface area (Å²) in [5, 5.41) is 10.4. The fourth-order valence-electron chi connectivity index (χ4n) is 2.50. The van der Waals surface area contributed by atoms with Crippen molar-refractivity contribution in [2.45, 2.75) is 37.6 Å². The highest BCUT2D eigenvalue weighted by atomic mass is 32.2. The number of aromatic amines is 1. The van der Waals surface area contributed by atoms with E-state index in [1.54, 1.807) is 0 Å². The van der Waals surface area contributed by atoms with Gasteiger partial charge in [-0.1, -0.05) is 55.1 Å². The maximum absolute atomic E-state index is 12.4. The van der Waals surface area contributed by atoms with Crippen molar-refractivity contribution in [3.05, 3.63) is 59.7 Å². The molecule has 0 saturated heterocycles. The van der Waals surface area contributed by atoms with E-state index in [4.69, 9.17) is 0 Å². The lowest BCUT2D eigenvalue weighted by Crippen LogP contribution is -2.22. The molecule has 1 atom stereocenters. The van der Waals surface area contributed by atoms with Crippen molar-refractivity contribution in [3.63, 3.8) is 0 Å². The second kappa shape index (κ2) is 8.19. The Balaban J connectivity index is 1.63. The average molecular weight is 366 g/mol. The fourth-order valence-corrected chi connectivity index (χ4v) is 3.23. The molecule has 6 heteroatoms. The summed E-state index contributed by atoms with van der Waals surface area (Å²) in [7, 11) is 0. The van der Waals surface area contributed by atoms with Crippen LogP contribution >= 0.6 is 11.8 Å². The topological polar surface area (TPSA) is 70.7 Å². The molecule has 0 fully saturated rings. The van der Waals surface area contributed by atoms with E-state index in [1.165, 1.54) is 17.3 Å². The molecule has 3 aromatic rings. The molecule has 3 rings (SSSR count). The highest BCUT2D eigenvalue weighted by Crippen LogP contribution is 2.24. The molecular formula is C20H22N4OS. The average Bonchev–Trinajstić information content (AvgIpc) is 3.10. The van der Waals surface area contributed by atoms with Gasteiger partial charge in [0.1, 0.15) is 0 Å². The van der Waals surface area contributed by atoms with E-state index in [-0.39, 0.29) is 11.2 Å². The molecule has 2 aromatic carbocycles. The Morgan fingerprint density at radius 3 is 2.69 bits per heavy atom. The number of thioether (sulfide) groups is 1. The number of amides is 1. The third-order valence-corrected chi connectivity index (χ3v) is 5.00. The molecule has 26 heavy (non-hydrogen) atoms. The van der Waals surface area contributed by atoms with E-state index in [1.807, 2.05) is 50.2 Å². The number of rotatable bonds is 6. The number of carbonyl (C=O) groups excluding carboxylic acids is 1. The van der Waals surface area contributed by atoms with Gasteiger partial charge in [-0.3, -0.25) is 9.89 Å². The zero-order chi connectivity index (χ0) is 18.5. The third-order valence-electron chi connectivity index (χ3n) is 4.04. The van der Waals surface area contributed by atoms with Gasteiger partial charge in [0, 0.05) is 11.3 Å². The van der Waals surface area contributed by atoms with E-state index in [9.17, 15) is 4.79 Å². The molecule has 1 heterocycles. The number of benzene rings is 2. The van der Waals surface area contributed by atoms with Gasteiger partial charge in [0.2, 0.25) is 11.1 Å². The van der Waals surface area contributed by atoms with Crippen LogP contribution in [0.4, 0.5) is 5.69 Å². The lowest BCUT2D eigenvalue weighted by atomic mass is 10.1. The van der Waals surface area contributed by atoms with E-state index >= 15 is 0 Å². The zero-order valence-electron chi connectivity index (χ0n) is 15.1. The van der Waals surface area contributed by atoms with Crippen LogP contribution in [-0.2, 0) is 11.2 Å². The number of nitrogens with zero attached hydrogens (tertiary/aromatic N) is 2. The first-order chi connectivity index (χ1) is 12.5. The normalized spacial score (nSPS) is 12.0. The van der Waals surface area contributed by atoms with Gasteiger partial charge < -0.3 is 5.32 Å². The molecule has 0 unspecified atom stereocenters. The Bertz CT molecular complexity index is 889. The monoisotopic (exact) mass is 366 g/mol. The van der Waals surface area contributed by atoms with Crippen molar-refractivity contribution in [1.29, 1.82) is 0 Å². The number of hydrogen-bond donors (Lipinski definition) is 2. The Morgan fingerprint density at radius 1 is 1.23 bits per heavy atom. The molecule has 0 aliphatic carbocycles. The summed E-state index contributed by atoms with van der Waals surface area (Å²) in [6, 6.07) is 16.0. The predicted octanol–water partition coefficient (Wildman–Crippen LogP) is 4.46. The fraction of sp³-hybridized carbons (Fsp3) is 0.250. The van der Waals surface area contributed by atoms with Crippen LogP contribution in [0.1, 0.15) is 25.0 Å². The highest BCUT2D eigenvalue weighted by Gasteiger charge is 2.17. The summed E-state index contributed by atoms with van der Waals surface area (Å²) < 4.78 is 0. The van der Waals surface area contributed by atoms with Crippen LogP contribution in [-0.4, -0.2) is 26.3 Å². The molecule has 1 aromatic heterocycles. The van der Waals surface area contributed by atoms with Crippen molar-refractivity contribution < 1.29 is 4.79 Å². The Kier molecular flexibility index (Phi) is 5.73. The lowest BCUT2D eigenvalue weighted by Gasteiger charge is -2.10. The second-order valence-electron chi connectivity index (χ2n) is 6.14. The Hall–Kier alpha value is -2.60. The van der Waals surface area contributed by atoms with Crippen molar-refractivity contribution >= 4 is 23.4 Å². The molecule has 0 saturated carbocycles. The number of anilines is 1. The van der Waals surface area contributed by atoms with E-state index in [0.29, 0.717) is 11.0 Å². The molecule has 2 N–H and O–H groups in total. The van der Waals surface area contributed by atoms with Crippen LogP contribution in [0.25, 0.3) is 11.4 Å². The van der Waals surface area contributed by atoms with E-state index in [2.05, 4.69) is 39.6 Å². The number of carbonyl (C=O) groups is 1. The first-order valence-electron chi connectivity index (χ1n) is 8.61. The smallest absolute Gasteiger partial charge is 0.237 e. The second-order valence-corrected chi connectivity index (χ2v) is 7.44. The van der Waals surface area contributed by atoms with Gasteiger partial charge in [0.15, 0.2) is 5.82 Å². The summed E-state index contributed by atoms with van der Waals surface area (Å²) in [6.45, 7) is 5.97. The zero-order valence-corrected chi connectivity index (χ0v) is 15.9. The summed E-state index contributed by atoms with van der Waals surface area (Å²) >= 11 is 1.33. The van der Waals surface area contributed by atoms with Gasteiger partial charge in [0.05, 0.1) is 5.25 Å². The van der Waals surface area contributed by atoms with Crippen LogP contribution in [0.3, 0.4) is 0 Å². The van der Waals surface area contributed by atoms with Gasteiger partial charge >= 0.3 is 0 Å². The molecular weight excluding hydrogens is 344 g/mol. The molecule has 134 valence electrons. The van der Waals surface area contributed by atoms with Crippen LogP contribution in [0, 0.1) is 6.92 Å². The van der Waals surface area contributed by atoms with Crippen LogP contribution in [0.5, 0.6) is 0 Å².